The topological polar surface area (TPSA) is 60.2 Å². The van der Waals surface area contributed by atoms with Crippen molar-refractivity contribution in [1.82, 2.24) is 4.98 Å². The molecule has 0 atom stereocenters. The van der Waals surface area contributed by atoms with Crippen LogP contribution in [0.1, 0.15) is 18.4 Å². The number of anilines is 2. The summed E-state index contributed by atoms with van der Waals surface area (Å²) in [6.45, 7) is 2.13. The minimum Gasteiger partial charge on any atom is -0.384 e. The van der Waals surface area contributed by atoms with Crippen LogP contribution in [0.25, 0.3) is 0 Å². The molecule has 1 aromatic heterocycles. The minimum atomic E-state index is -0.429. The Bertz CT molecular complexity index is 429. The maximum Gasteiger partial charge on any atom is 0.220 e. The molecule has 86 valence electrons. The first kappa shape index (κ1) is 9.84. The van der Waals surface area contributed by atoms with Crippen molar-refractivity contribution in [2.75, 3.05) is 30.8 Å². The average Bonchev–Trinajstić information content (AvgIpc) is 2.58. The highest BCUT2D eigenvalue weighted by atomic mass is 19.1. The third-order valence-electron chi connectivity index (χ3n) is 3.59. The van der Waals surface area contributed by atoms with Crippen LogP contribution in [0.4, 0.5) is 15.9 Å². The lowest BCUT2D eigenvalue weighted by atomic mass is 9.76. The van der Waals surface area contributed by atoms with E-state index in [-0.39, 0.29) is 11.2 Å². The van der Waals surface area contributed by atoms with Gasteiger partial charge in [0, 0.05) is 42.5 Å². The summed E-state index contributed by atoms with van der Waals surface area (Å²) in [6, 6.07) is 1.71. The number of rotatable bonds is 0. The summed E-state index contributed by atoms with van der Waals surface area (Å²) < 4.78 is 19.2. The SMILES string of the molecule is Nc1cc2c(c(F)n1)C1(CCOCC1)CN2. The van der Waals surface area contributed by atoms with Crippen molar-refractivity contribution in [3.05, 3.63) is 17.6 Å². The van der Waals surface area contributed by atoms with Gasteiger partial charge >= 0.3 is 0 Å². The number of nitrogens with zero attached hydrogens (tertiary/aromatic N) is 1. The first-order valence-electron chi connectivity index (χ1n) is 5.49. The molecule has 0 radical (unpaired) electrons. The predicted molar refractivity (Wildman–Crippen MR) is 58.8 cm³/mol. The van der Waals surface area contributed by atoms with Crippen molar-refractivity contribution < 1.29 is 9.13 Å². The van der Waals surface area contributed by atoms with E-state index in [2.05, 4.69) is 10.3 Å². The number of hydrogen-bond donors (Lipinski definition) is 2. The molecular weight excluding hydrogens is 209 g/mol. The number of pyridine rings is 1. The van der Waals surface area contributed by atoms with Gasteiger partial charge in [-0.05, 0) is 12.8 Å². The van der Waals surface area contributed by atoms with Crippen LogP contribution in [0.15, 0.2) is 6.07 Å². The second kappa shape index (κ2) is 3.31. The Kier molecular flexibility index (Phi) is 2.04. The lowest BCUT2D eigenvalue weighted by Crippen LogP contribution is -2.36. The first-order chi connectivity index (χ1) is 7.71. The van der Waals surface area contributed by atoms with Gasteiger partial charge in [0.2, 0.25) is 5.95 Å². The van der Waals surface area contributed by atoms with E-state index in [1.54, 1.807) is 6.07 Å². The Hall–Kier alpha value is -1.36. The van der Waals surface area contributed by atoms with E-state index in [4.69, 9.17) is 10.5 Å². The highest BCUT2D eigenvalue weighted by Crippen LogP contribution is 2.44. The van der Waals surface area contributed by atoms with Gasteiger partial charge in [-0.1, -0.05) is 0 Å². The zero-order chi connectivity index (χ0) is 11.2. The van der Waals surface area contributed by atoms with Crippen molar-refractivity contribution in [3.63, 3.8) is 0 Å². The van der Waals surface area contributed by atoms with E-state index in [0.29, 0.717) is 18.8 Å². The Balaban J connectivity index is 2.10. The van der Waals surface area contributed by atoms with Gasteiger partial charge in [-0.15, -0.1) is 0 Å². The summed E-state index contributed by atoms with van der Waals surface area (Å²) in [5, 5.41) is 3.23. The number of aromatic nitrogens is 1. The number of halogens is 1. The summed E-state index contributed by atoms with van der Waals surface area (Å²) in [5.74, 6) is -0.199. The van der Waals surface area contributed by atoms with E-state index >= 15 is 0 Å². The summed E-state index contributed by atoms with van der Waals surface area (Å²) in [7, 11) is 0. The second-order valence-corrected chi connectivity index (χ2v) is 4.51. The number of nitrogens with one attached hydrogen (secondary N) is 1. The molecule has 0 amide bonds. The van der Waals surface area contributed by atoms with Crippen LogP contribution in [0.2, 0.25) is 0 Å². The number of ether oxygens (including phenoxy) is 1. The fourth-order valence-corrected chi connectivity index (χ4v) is 2.72. The van der Waals surface area contributed by atoms with Gasteiger partial charge in [0.25, 0.3) is 0 Å². The number of hydrogen-bond acceptors (Lipinski definition) is 4. The third kappa shape index (κ3) is 1.28. The fourth-order valence-electron chi connectivity index (χ4n) is 2.72. The molecule has 1 saturated heterocycles. The van der Waals surface area contributed by atoms with Crippen LogP contribution in [0, 0.1) is 5.95 Å². The largest absolute Gasteiger partial charge is 0.384 e. The van der Waals surface area contributed by atoms with E-state index < -0.39 is 5.95 Å². The lowest BCUT2D eigenvalue weighted by molar-refractivity contribution is 0.0554. The molecule has 2 aliphatic heterocycles. The van der Waals surface area contributed by atoms with E-state index in [9.17, 15) is 4.39 Å². The maximum absolute atomic E-state index is 13.9. The van der Waals surface area contributed by atoms with Gasteiger partial charge < -0.3 is 15.8 Å². The van der Waals surface area contributed by atoms with Crippen LogP contribution < -0.4 is 11.1 Å². The molecule has 0 bridgehead atoms. The second-order valence-electron chi connectivity index (χ2n) is 4.51. The quantitative estimate of drug-likeness (QED) is 0.650. The lowest BCUT2D eigenvalue weighted by Gasteiger charge is -2.33. The van der Waals surface area contributed by atoms with Gasteiger partial charge in [0.1, 0.15) is 5.82 Å². The van der Waals surface area contributed by atoms with Crippen molar-refractivity contribution in [1.29, 1.82) is 0 Å². The number of fused-ring (bicyclic) bond motifs is 2. The Morgan fingerprint density at radius 2 is 2.19 bits per heavy atom. The van der Waals surface area contributed by atoms with Crippen LogP contribution in [0.3, 0.4) is 0 Å². The molecule has 1 fully saturated rings. The summed E-state index contributed by atoms with van der Waals surface area (Å²) in [5.41, 5.74) is 6.89. The van der Waals surface area contributed by atoms with Crippen molar-refractivity contribution >= 4 is 11.5 Å². The van der Waals surface area contributed by atoms with Gasteiger partial charge in [-0.2, -0.15) is 4.39 Å². The standard InChI is InChI=1S/C11H14FN3O/c12-10-9-7(5-8(13)15-10)14-6-11(9)1-3-16-4-2-11/h5,14H,1-4,6H2,(H2,13,15). The summed E-state index contributed by atoms with van der Waals surface area (Å²) in [6.07, 6.45) is 1.69. The molecule has 0 aromatic carbocycles. The van der Waals surface area contributed by atoms with Crippen LogP contribution in [-0.4, -0.2) is 24.7 Å². The van der Waals surface area contributed by atoms with E-state index in [0.717, 1.165) is 25.1 Å². The van der Waals surface area contributed by atoms with Gasteiger partial charge in [-0.25, -0.2) is 4.98 Å². The number of nitrogen functional groups attached to an aromatic ring is 1. The molecule has 16 heavy (non-hydrogen) atoms. The van der Waals surface area contributed by atoms with Crippen molar-refractivity contribution in [2.45, 2.75) is 18.3 Å². The molecule has 0 unspecified atom stereocenters. The smallest absolute Gasteiger partial charge is 0.220 e. The Morgan fingerprint density at radius 1 is 1.44 bits per heavy atom. The van der Waals surface area contributed by atoms with Crippen molar-refractivity contribution in [3.8, 4) is 0 Å². The Labute approximate surface area is 93.0 Å². The molecule has 0 aliphatic carbocycles. The zero-order valence-electron chi connectivity index (χ0n) is 8.92. The zero-order valence-corrected chi connectivity index (χ0v) is 8.92. The Morgan fingerprint density at radius 3 is 2.94 bits per heavy atom. The molecule has 4 nitrogen and oxygen atoms in total. The summed E-state index contributed by atoms with van der Waals surface area (Å²) in [4.78, 5) is 3.73. The van der Waals surface area contributed by atoms with Crippen LogP contribution in [-0.2, 0) is 10.2 Å². The van der Waals surface area contributed by atoms with Gasteiger partial charge in [0.05, 0.1) is 0 Å². The molecule has 3 N–H and O–H groups in total. The predicted octanol–water partition coefficient (Wildman–Crippen LogP) is 1.28. The molecule has 3 heterocycles. The molecule has 1 spiro atoms. The maximum atomic E-state index is 13.9. The molecule has 5 heteroatoms. The van der Waals surface area contributed by atoms with Crippen LogP contribution in [0.5, 0.6) is 0 Å². The molecule has 1 aromatic rings. The van der Waals surface area contributed by atoms with Crippen molar-refractivity contribution in [2.24, 2.45) is 0 Å². The van der Waals surface area contributed by atoms with Gasteiger partial charge in [-0.3, -0.25) is 0 Å². The molecular formula is C11H14FN3O. The first-order valence-corrected chi connectivity index (χ1v) is 5.49. The molecule has 0 saturated carbocycles. The number of nitrogens with two attached hydrogens (primary N) is 1. The van der Waals surface area contributed by atoms with E-state index in [1.165, 1.54) is 0 Å². The van der Waals surface area contributed by atoms with Gasteiger partial charge in [0.15, 0.2) is 0 Å². The minimum absolute atomic E-state index is 0.141. The molecule has 3 rings (SSSR count). The molecule has 2 aliphatic rings. The fraction of sp³-hybridized carbons (Fsp3) is 0.545. The third-order valence-corrected chi connectivity index (χ3v) is 3.59. The van der Waals surface area contributed by atoms with E-state index in [1.807, 2.05) is 0 Å². The van der Waals surface area contributed by atoms with Crippen LogP contribution >= 0.6 is 0 Å². The normalized spacial score (nSPS) is 21.8. The highest BCUT2D eigenvalue weighted by Gasteiger charge is 2.43. The monoisotopic (exact) mass is 223 g/mol. The average molecular weight is 223 g/mol. The highest BCUT2D eigenvalue weighted by molar-refractivity contribution is 5.63. The summed E-state index contributed by atoms with van der Waals surface area (Å²) >= 11 is 0.